The van der Waals surface area contributed by atoms with E-state index in [1.54, 1.807) is 7.05 Å². The fourth-order valence-corrected chi connectivity index (χ4v) is 1.93. The Morgan fingerprint density at radius 1 is 1.61 bits per heavy atom. The van der Waals surface area contributed by atoms with Gasteiger partial charge in [-0.15, -0.1) is 0 Å². The number of aliphatic hydroxyl groups is 1. The summed E-state index contributed by atoms with van der Waals surface area (Å²) in [5, 5.41) is 25.0. The maximum atomic E-state index is 11.1. The molecule has 102 valence electrons. The largest absolute Gasteiger partial charge is 0.390 e. The average Bonchev–Trinajstić information content (AvgIpc) is 2.56. The van der Waals surface area contributed by atoms with Crippen LogP contribution in [0.25, 0.3) is 0 Å². The van der Waals surface area contributed by atoms with Crippen molar-refractivity contribution in [2.75, 3.05) is 13.7 Å². The van der Waals surface area contributed by atoms with E-state index in [1.165, 1.54) is 11.8 Å². The van der Waals surface area contributed by atoms with Crippen molar-refractivity contribution in [2.45, 2.75) is 32.3 Å². The molecule has 0 fully saturated rings. The van der Waals surface area contributed by atoms with Crippen LogP contribution in [-0.4, -0.2) is 39.6 Å². The lowest BCUT2D eigenvalue weighted by atomic mass is 10.1. The lowest BCUT2D eigenvalue weighted by Crippen LogP contribution is -2.19. The molecular formula is C11H19N3O4. The van der Waals surface area contributed by atoms with E-state index in [-0.39, 0.29) is 18.7 Å². The summed E-state index contributed by atoms with van der Waals surface area (Å²) in [5.74, 6) is 0. The third-order valence-electron chi connectivity index (χ3n) is 2.67. The summed E-state index contributed by atoms with van der Waals surface area (Å²) in [5.41, 5.74) is 0.937. The van der Waals surface area contributed by atoms with Gasteiger partial charge in [-0.05, 0) is 6.42 Å². The average molecular weight is 257 g/mol. The van der Waals surface area contributed by atoms with Gasteiger partial charge >= 0.3 is 5.69 Å². The molecule has 0 saturated carbocycles. The first-order valence-electron chi connectivity index (χ1n) is 5.87. The van der Waals surface area contributed by atoms with Crippen LogP contribution in [0.4, 0.5) is 5.69 Å². The zero-order chi connectivity index (χ0) is 13.7. The summed E-state index contributed by atoms with van der Waals surface area (Å²) in [7, 11) is 3.13. The summed E-state index contributed by atoms with van der Waals surface area (Å²) in [6.07, 6.45) is 0.748. The van der Waals surface area contributed by atoms with Crippen LogP contribution in [0.15, 0.2) is 0 Å². The molecule has 7 nitrogen and oxygen atoms in total. The fourth-order valence-electron chi connectivity index (χ4n) is 1.93. The Hall–Kier alpha value is -1.47. The number of methoxy groups -OCH3 is 1. The monoisotopic (exact) mass is 257 g/mol. The van der Waals surface area contributed by atoms with E-state index in [4.69, 9.17) is 4.74 Å². The molecule has 0 radical (unpaired) electrons. The first kappa shape index (κ1) is 14.6. The number of aromatic nitrogens is 2. The van der Waals surface area contributed by atoms with Gasteiger partial charge in [0, 0.05) is 20.6 Å². The van der Waals surface area contributed by atoms with E-state index in [0.29, 0.717) is 17.8 Å². The topological polar surface area (TPSA) is 90.4 Å². The van der Waals surface area contributed by atoms with Crippen LogP contribution in [0.3, 0.4) is 0 Å². The van der Waals surface area contributed by atoms with E-state index < -0.39 is 11.0 Å². The van der Waals surface area contributed by atoms with Crippen LogP contribution in [0, 0.1) is 10.1 Å². The minimum absolute atomic E-state index is 0.0227. The van der Waals surface area contributed by atoms with E-state index in [0.717, 1.165) is 6.42 Å². The molecule has 0 aliphatic heterocycles. The normalized spacial score (nSPS) is 12.7. The van der Waals surface area contributed by atoms with Crippen LogP contribution < -0.4 is 0 Å². The summed E-state index contributed by atoms with van der Waals surface area (Å²) in [4.78, 5) is 10.7. The van der Waals surface area contributed by atoms with Gasteiger partial charge in [0.15, 0.2) is 0 Å². The Morgan fingerprint density at radius 3 is 2.78 bits per heavy atom. The second-order valence-electron chi connectivity index (χ2n) is 4.19. The van der Waals surface area contributed by atoms with Crippen LogP contribution in [-0.2, 0) is 24.6 Å². The number of aryl methyl sites for hydroxylation is 2. The van der Waals surface area contributed by atoms with Gasteiger partial charge in [-0.3, -0.25) is 14.8 Å². The van der Waals surface area contributed by atoms with Crippen LogP contribution in [0.5, 0.6) is 0 Å². The molecule has 1 rings (SSSR count). The third-order valence-corrected chi connectivity index (χ3v) is 2.67. The van der Waals surface area contributed by atoms with Gasteiger partial charge in [0.2, 0.25) is 0 Å². The smallest absolute Gasteiger partial charge is 0.313 e. The number of nitro groups is 1. The van der Waals surface area contributed by atoms with Crippen molar-refractivity contribution < 1.29 is 14.8 Å². The van der Waals surface area contributed by atoms with Crippen LogP contribution in [0.1, 0.15) is 24.7 Å². The molecule has 0 aromatic carbocycles. The molecule has 0 aliphatic carbocycles. The number of nitrogens with zero attached hydrogens (tertiary/aromatic N) is 3. The first-order chi connectivity index (χ1) is 8.51. The van der Waals surface area contributed by atoms with Gasteiger partial charge in [-0.25, -0.2) is 0 Å². The van der Waals surface area contributed by atoms with Crippen molar-refractivity contribution in [2.24, 2.45) is 7.05 Å². The van der Waals surface area contributed by atoms with Gasteiger partial charge < -0.3 is 9.84 Å². The number of hydrogen-bond donors (Lipinski definition) is 1. The lowest BCUT2D eigenvalue weighted by molar-refractivity contribution is -0.386. The molecule has 1 heterocycles. The Balaban J connectivity index is 3.05. The molecule has 1 N–H and O–H groups in total. The SMILES string of the molecule is CCCc1nn(C)c(CC(O)COC)c1[N+](=O)[O-]. The maximum absolute atomic E-state index is 11.1. The highest BCUT2D eigenvalue weighted by Gasteiger charge is 2.27. The number of aliphatic hydroxyl groups excluding tert-OH is 1. The first-order valence-corrected chi connectivity index (χ1v) is 5.87. The zero-order valence-electron chi connectivity index (χ0n) is 10.9. The lowest BCUT2D eigenvalue weighted by Gasteiger charge is -2.08. The van der Waals surface area contributed by atoms with Gasteiger partial charge in [0.05, 0.1) is 17.6 Å². The summed E-state index contributed by atoms with van der Waals surface area (Å²) in [6, 6.07) is 0. The van der Waals surface area contributed by atoms with Gasteiger partial charge in [-0.1, -0.05) is 13.3 Å². The standard InChI is InChI=1S/C11H19N3O4/c1-4-5-9-11(14(16)17)10(13(2)12-9)6-8(15)7-18-3/h8,15H,4-7H2,1-3H3. The quantitative estimate of drug-likeness (QED) is 0.577. The van der Waals surface area contributed by atoms with Crippen LogP contribution >= 0.6 is 0 Å². The molecule has 0 bridgehead atoms. The molecule has 1 unspecified atom stereocenters. The Bertz CT molecular complexity index is 417. The predicted molar refractivity (Wildman–Crippen MR) is 65.4 cm³/mol. The van der Waals surface area contributed by atoms with E-state index in [1.807, 2.05) is 6.92 Å². The molecule has 1 aromatic rings. The number of rotatable bonds is 7. The number of ether oxygens (including phenoxy) is 1. The molecule has 0 saturated heterocycles. The van der Waals surface area contributed by atoms with Crippen molar-refractivity contribution in [3.8, 4) is 0 Å². The highest BCUT2D eigenvalue weighted by atomic mass is 16.6. The minimum Gasteiger partial charge on any atom is -0.390 e. The summed E-state index contributed by atoms with van der Waals surface area (Å²) in [6.45, 7) is 2.09. The van der Waals surface area contributed by atoms with Crippen molar-refractivity contribution in [1.82, 2.24) is 9.78 Å². The third kappa shape index (κ3) is 3.27. The molecule has 1 aromatic heterocycles. The van der Waals surface area contributed by atoms with Crippen molar-refractivity contribution in [3.63, 3.8) is 0 Å². The second-order valence-corrected chi connectivity index (χ2v) is 4.19. The van der Waals surface area contributed by atoms with Crippen LogP contribution in [0.2, 0.25) is 0 Å². The second kappa shape index (κ2) is 6.46. The summed E-state index contributed by atoms with van der Waals surface area (Å²) >= 11 is 0. The Labute approximate surface area is 106 Å². The highest BCUT2D eigenvalue weighted by Crippen LogP contribution is 2.25. The fraction of sp³-hybridized carbons (Fsp3) is 0.727. The van der Waals surface area contributed by atoms with E-state index in [9.17, 15) is 15.2 Å². The van der Waals surface area contributed by atoms with E-state index in [2.05, 4.69) is 5.10 Å². The maximum Gasteiger partial charge on any atom is 0.313 e. The zero-order valence-corrected chi connectivity index (χ0v) is 10.9. The van der Waals surface area contributed by atoms with Crippen molar-refractivity contribution >= 4 is 5.69 Å². The highest BCUT2D eigenvalue weighted by molar-refractivity contribution is 5.41. The molecule has 18 heavy (non-hydrogen) atoms. The molecule has 0 aliphatic rings. The van der Waals surface area contributed by atoms with Gasteiger partial charge in [-0.2, -0.15) is 5.10 Å². The number of hydrogen-bond acceptors (Lipinski definition) is 5. The molecule has 1 atom stereocenters. The Kier molecular flexibility index (Phi) is 5.24. The van der Waals surface area contributed by atoms with Crippen molar-refractivity contribution in [3.05, 3.63) is 21.5 Å². The Morgan fingerprint density at radius 2 is 2.28 bits per heavy atom. The summed E-state index contributed by atoms with van der Waals surface area (Å²) < 4.78 is 6.30. The predicted octanol–water partition coefficient (Wildman–Crippen LogP) is 0.831. The molecule has 0 spiro atoms. The van der Waals surface area contributed by atoms with Gasteiger partial charge in [0.1, 0.15) is 11.4 Å². The molecular weight excluding hydrogens is 238 g/mol. The van der Waals surface area contributed by atoms with Crippen molar-refractivity contribution in [1.29, 1.82) is 0 Å². The molecule has 0 amide bonds. The van der Waals surface area contributed by atoms with E-state index >= 15 is 0 Å². The minimum atomic E-state index is -0.765. The molecule has 7 heteroatoms. The van der Waals surface area contributed by atoms with Gasteiger partial charge in [0.25, 0.3) is 0 Å².